The predicted molar refractivity (Wildman–Crippen MR) is 99.9 cm³/mol. The zero-order valence-corrected chi connectivity index (χ0v) is 15.5. The number of alkyl halides is 1. The molecule has 0 saturated carbocycles. The van der Waals surface area contributed by atoms with Crippen molar-refractivity contribution in [3.05, 3.63) is 71.8 Å². The summed E-state index contributed by atoms with van der Waals surface area (Å²) in [4.78, 5) is 4.87. The molecule has 1 fully saturated rings. The molecule has 0 aromatic heterocycles. The highest BCUT2D eigenvalue weighted by Crippen LogP contribution is 2.26. The number of hydrogen-bond donors (Lipinski definition) is 0. The fourth-order valence-electron chi connectivity index (χ4n) is 2.94. The highest BCUT2D eigenvalue weighted by molar-refractivity contribution is 5.93. The lowest BCUT2D eigenvalue weighted by Gasteiger charge is -2.37. The van der Waals surface area contributed by atoms with Crippen molar-refractivity contribution < 1.29 is 23.4 Å². The molecule has 0 bridgehead atoms. The van der Waals surface area contributed by atoms with E-state index >= 15 is 4.39 Å². The van der Waals surface area contributed by atoms with Crippen molar-refractivity contribution in [2.75, 3.05) is 7.11 Å². The summed E-state index contributed by atoms with van der Waals surface area (Å²) in [6.45, 7) is 2.29. The Labute approximate surface area is 158 Å². The molecule has 0 N–H and O–H groups in total. The Morgan fingerprint density at radius 1 is 0.926 bits per heavy atom. The van der Waals surface area contributed by atoms with Gasteiger partial charge in [0.25, 0.3) is 0 Å². The Bertz CT molecular complexity index is 725. The summed E-state index contributed by atoms with van der Waals surface area (Å²) in [6, 6.07) is 19.2. The third kappa shape index (κ3) is 5.13. The molecule has 1 saturated heterocycles. The second-order valence-corrected chi connectivity index (χ2v) is 6.30. The summed E-state index contributed by atoms with van der Waals surface area (Å²) in [5.74, 6) is 0. The van der Waals surface area contributed by atoms with Crippen LogP contribution in [0.3, 0.4) is 0 Å². The average Bonchev–Trinajstić information content (AvgIpc) is 2.71. The molecule has 0 unspecified atom stereocenters. The maximum Gasteiger partial charge on any atom is 0.192 e. The van der Waals surface area contributed by atoms with Gasteiger partial charge in [-0.25, -0.2) is 4.39 Å². The summed E-state index contributed by atoms with van der Waals surface area (Å²) in [6.07, 6.45) is -3.97. The van der Waals surface area contributed by atoms with Crippen LogP contribution in [0.25, 0.3) is 0 Å². The summed E-state index contributed by atoms with van der Waals surface area (Å²) in [5, 5.41) is 3.93. The van der Waals surface area contributed by atoms with Crippen molar-refractivity contribution in [2.45, 2.75) is 44.8 Å². The van der Waals surface area contributed by atoms with Gasteiger partial charge in [0.2, 0.25) is 0 Å². The van der Waals surface area contributed by atoms with E-state index in [4.69, 9.17) is 19.0 Å². The highest BCUT2D eigenvalue weighted by atomic mass is 19.1. The average molecular weight is 373 g/mol. The molecule has 2 aromatic carbocycles. The van der Waals surface area contributed by atoms with Gasteiger partial charge in [0.15, 0.2) is 12.5 Å². The van der Waals surface area contributed by atoms with Gasteiger partial charge in [0, 0.05) is 0 Å². The van der Waals surface area contributed by atoms with E-state index < -0.39 is 24.7 Å². The van der Waals surface area contributed by atoms with E-state index in [1.165, 1.54) is 7.11 Å². The molecular formula is C21H24FNO4. The first kappa shape index (κ1) is 19.5. The maximum atomic E-state index is 15.2. The van der Waals surface area contributed by atoms with Crippen molar-refractivity contribution in [3.63, 3.8) is 0 Å². The second-order valence-electron chi connectivity index (χ2n) is 6.30. The lowest BCUT2D eigenvalue weighted by Crippen LogP contribution is -2.54. The lowest BCUT2D eigenvalue weighted by atomic mass is 10.0. The van der Waals surface area contributed by atoms with Crippen LogP contribution in [0.2, 0.25) is 0 Å². The van der Waals surface area contributed by atoms with Crippen LogP contribution in [0, 0.1) is 0 Å². The number of oxime groups is 1. The first-order valence-electron chi connectivity index (χ1n) is 8.90. The molecule has 1 aliphatic rings. The third-order valence-electron chi connectivity index (χ3n) is 4.32. The number of nitrogens with zero attached hydrogens (tertiary/aromatic N) is 1. The number of benzene rings is 2. The van der Waals surface area contributed by atoms with Gasteiger partial charge in [-0.1, -0.05) is 65.8 Å². The van der Waals surface area contributed by atoms with Crippen molar-refractivity contribution in [2.24, 2.45) is 5.16 Å². The van der Waals surface area contributed by atoms with E-state index in [1.54, 1.807) is 6.92 Å². The molecule has 4 atom stereocenters. The number of halogens is 1. The summed E-state index contributed by atoms with van der Waals surface area (Å²) in [5.41, 5.74) is 2.27. The summed E-state index contributed by atoms with van der Waals surface area (Å²) >= 11 is 0. The summed E-state index contributed by atoms with van der Waals surface area (Å²) in [7, 11) is 1.42. The first-order valence-corrected chi connectivity index (χ1v) is 8.90. The maximum absolute atomic E-state index is 15.2. The number of rotatable bonds is 7. The van der Waals surface area contributed by atoms with Crippen LogP contribution in [0.1, 0.15) is 18.1 Å². The smallest absolute Gasteiger partial charge is 0.192 e. The van der Waals surface area contributed by atoms with Gasteiger partial charge in [-0.3, -0.25) is 0 Å². The van der Waals surface area contributed by atoms with Crippen molar-refractivity contribution >= 4 is 5.71 Å². The van der Waals surface area contributed by atoms with Crippen LogP contribution >= 0.6 is 0 Å². The monoisotopic (exact) mass is 373 g/mol. The minimum atomic E-state index is -1.53. The zero-order valence-electron chi connectivity index (χ0n) is 15.5. The minimum absolute atomic E-state index is 0.251. The Balaban J connectivity index is 1.69. The van der Waals surface area contributed by atoms with E-state index in [0.717, 1.165) is 11.1 Å². The Hall–Kier alpha value is -2.28. The Morgan fingerprint density at radius 3 is 2.04 bits per heavy atom. The quantitative estimate of drug-likeness (QED) is 0.691. The SMILES string of the molecule is CO/N=C1/[C@H](C)O[C@H](OCc2ccccc2)[C@H](F)[C@@H]1OCc1ccccc1. The van der Waals surface area contributed by atoms with Gasteiger partial charge in [0.1, 0.15) is 25.0 Å². The van der Waals surface area contributed by atoms with Gasteiger partial charge in [-0.05, 0) is 18.1 Å². The third-order valence-corrected chi connectivity index (χ3v) is 4.32. The number of ether oxygens (including phenoxy) is 3. The van der Waals surface area contributed by atoms with Crippen molar-refractivity contribution in [1.29, 1.82) is 0 Å². The molecule has 3 rings (SSSR count). The zero-order chi connectivity index (χ0) is 19.1. The standard InChI is InChI=1S/C21H24FNO4/c1-15-19(23-24-2)20(25-13-16-9-5-3-6-10-16)18(22)21(27-15)26-14-17-11-7-4-8-12-17/h3-12,15,18,20-21H,13-14H2,1-2H3/b23-19-/t15-,18+,20-,21-/m0/s1. The Morgan fingerprint density at radius 2 is 1.48 bits per heavy atom. The van der Waals surface area contributed by atoms with E-state index in [1.807, 2.05) is 60.7 Å². The molecule has 2 aromatic rings. The molecule has 6 heteroatoms. The predicted octanol–water partition coefficient (Wildman–Crippen LogP) is 3.87. The molecular weight excluding hydrogens is 349 g/mol. The van der Waals surface area contributed by atoms with Gasteiger partial charge in [0.05, 0.1) is 13.2 Å². The van der Waals surface area contributed by atoms with Crippen LogP contribution in [-0.4, -0.2) is 37.5 Å². The molecule has 0 aliphatic carbocycles. The second kappa shape index (κ2) is 9.60. The molecule has 5 nitrogen and oxygen atoms in total. The van der Waals surface area contributed by atoms with Gasteiger partial charge < -0.3 is 19.0 Å². The molecule has 0 amide bonds. The van der Waals surface area contributed by atoms with Gasteiger partial charge >= 0.3 is 0 Å². The van der Waals surface area contributed by atoms with Gasteiger partial charge in [-0.15, -0.1) is 0 Å². The summed E-state index contributed by atoms with van der Waals surface area (Å²) < 4.78 is 32.4. The van der Waals surface area contributed by atoms with E-state index in [2.05, 4.69) is 5.16 Å². The van der Waals surface area contributed by atoms with E-state index in [-0.39, 0.29) is 13.2 Å². The number of hydrogen-bond acceptors (Lipinski definition) is 5. The topological polar surface area (TPSA) is 49.3 Å². The fraction of sp³-hybridized carbons (Fsp3) is 0.381. The molecule has 1 aliphatic heterocycles. The molecule has 144 valence electrons. The van der Waals surface area contributed by atoms with Crippen LogP contribution in [0.5, 0.6) is 0 Å². The van der Waals surface area contributed by atoms with Crippen molar-refractivity contribution in [3.8, 4) is 0 Å². The van der Waals surface area contributed by atoms with Crippen LogP contribution in [-0.2, 0) is 32.3 Å². The van der Waals surface area contributed by atoms with E-state index in [9.17, 15) is 0 Å². The van der Waals surface area contributed by atoms with E-state index in [0.29, 0.717) is 5.71 Å². The molecule has 0 spiro atoms. The van der Waals surface area contributed by atoms with Crippen molar-refractivity contribution in [1.82, 2.24) is 0 Å². The highest BCUT2D eigenvalue weighted by Gasteiger charge is 2.44. The molecule has 0 radical (unpaired) electrons. The van der Waals surface area contributed by atoms with Crippen LogP contribution in [0.15, 0.2) is 65.8 Å². The minimum Gasteiger partial charge on any atom is -0.399 e. The van der Waals surface area contributed by atoms with Crippen LogP contribution < -0.4 is 0 Å². The van der Waals surface area contributed by atoms with Gasteiger partial charge in [-0.2, -0.15) is 0 Å². The fourth-order valence-corrected chi connectivity index (χ4v) is 2.94. The Kier molecular flexibility index (Phi) is 6.92. The molecule has 27 heavy (non-hydrogen) atoms. The lowest BCUT2D eigenvalue weighted by molar-refractivity contribution is -0.223. The first-order chi connectivity index (χ1) is 13.2. The molecule has 1 heterocycles. The van der Waals surface area contributed by atoms with Crippen LogP contribution in [0.4, 0.5) is 4.39 Å². The largest absolute Gasteiger partial charge is 0.399 e. The normalized spacial score (nSPS) is 26.9.